The van der Waals surface area contributed by atoms with E-state index >= 15 is 0 Å². The topological polar surface area (TPSA) is 68.0 Å². The molecule has 27 heavy (non-hydrogen) atoms. The fourth-order valence-corrected chi connectivity index (χ4v) is 3.00. The van der Waals surface area contributed by atoms with E-state index in [1.165, 1.54) is 6.07 Å². The molecule has 0 spiro atoms. The molecule has 0 saturated heterocycles. The van der Waals surface area contributed by atoms with Crippen LogP contribution in [-0.4, -0.2) is 21.9 Å². The molecule has 1 heterocycles. The van der Waals surface area contributed by atoms with Gasteiger partial charge in [0.15, 0.2) is 0 Å². The minimum Gasteiger partial charge on any atom is -0.411 e. The third-order valence-electron chi connectivity index (χ3n) is 3.84. The first-order valence-corrected chi connectivity index (χ1v) is 9.18. The number of hydrogen-bond acceptors (Lipinski definition) is 5. The molecular weight excluding hydrogens is 372 g/mol. The number of thioether (sulfide) groups is 1. The summed E-state index contributed by atoms with van der Waals surface area (Å²) in [6, 6.07) is 10.3. The highest BCUT2D eigenvalue weighted by Crippen LogP contribution is 2.24. The Labute approximate surface area is 159 Å². The molecule has 5 nitrogen and oxygen atoms in total. The molecule has 140 valence electrons. The van der Waals surface area contributed by atoms with Crippen molar-refractivity contribution < 1.29 is 18.0 Å². The van der Waals surface area contributed by atoms with Gasteiger partial charge < -0.3 is 9.73 Å². The highest BCUT2D eigenvalue weighted by molar-refractivity contribution is 7.99. The van der Waals surface area contributed by atoms with Crippen molar-refractivity contribution in [3.63, 3.8) is 0 Å². The first-order chi connectivity index (χ1) is 12.9. The van der Waals surface area contributed by atoms with Crippen LogP contribution in [-0.2, 0) is 4.79 Å². The van der Waals surface area contributed by atoms with Crippen LogP contribution in [0.25, 0.3) is 11.5 Å². The number of halogens is 2. The maximum atomic E-state index is 13.8. The molecular formula is C19H17F2N3O2S. The molecule has 0 bridgehead atoms. The van der Waals surface area contributed by atoms with Gasteiger partial charge in [0.25, 0.3) is 5.22 Å². The second-order valence-corrected chi connectivity index (χ2v) is 6.91. The quantitative estimate of drug-likeness (QED) is 0.637. The third-order valence-corrected chi connectivity index (χ3v) is 4.66. The predicted molar refractivity (Wildman–Crippen MR) is 98.1 cm³/mol. The van der Waals surface area contributed by atoms with Crippen LogP contribution in [0.4, 0.5) is 8.78 Å². The van der Waals surface area contributed by atoms with Crippen LogP contribution in [0.2, 0.25) is 0 Å². The lowest BCUT2D eigenvalue weighted by Crippen LogP contribution is -2.28. The van der Waals surface area contributed by atoms with E-state index in [1.807, 2.05) is 31.2 Å². The first kappa shape index (κ1) is 19.0. The van der Waals surface area contributed by atoms with Crippen LogP contribution in [0.15, 0.2) is 52.1 Å². The van der Waals surface area contributed by atoms with Gasteiger partial charge >= 0.3 is 0 Å². The molecule has 1 aromatic heterocycles. The fraction of sp³-hybridized carbons (Fsp3) is 0.211. The van der Waals surface area contributed by atoms with Crippen molar-refractivity contribution in [2.45, 2.75) is 25.1 Å². The Bertz CT molecular complexity index is 944. The maximum absolute atomic E-state index is 13.8. The molecule has 8 heteroatoms. The van der Waals surface area contributed by atoms with Gasteiger partial charge in [-0.25, -0.2) is 8.78 Å². The largest absolute Gasteiger partial charge is 0.411 e. The van der Waals surface area contributed by atoms with Gasteiger partial charge in [-0.1, -0.05) is 35.5 Å². The molecule has 2 aromatic carbocycles. The number of carbonyl (C=O) groups excluding carboxylic acids is 1. The SMILES string of the molecule is Cc1ccc(-c2nnc(SCC(=O)N[C@@H](C)c3ccc(F)cc3F)o2)cc1. The average Bonchev–Trinajstić information content (AvgIpc) is 3.09. The number of amides is 1. The molecule has 1 N–H and O–H groups in total. The first-order valence-electron chi connectivity index (χ1n) is 8.20. The van der Waals surface area contributed by atoms with Crippen LogP contribution >= 0.6 is 11.8 Å². The van der Waals surface area contributed by atoms with Crippen molar-refractivity contribution in [3.05, 3.63) is 65.2 Å². The second-order valence-electron chi connectivity index (χ2n) is 5.98. The predicted octanol–water partition coefficient (Wildman–Crippen LogP) is 4.29. The molecule has 3 rings (SSSR count). The Morgan fingerprint density at radius 2 is 1.93 bits per heavy atom. The zero-order chi connectivity index (χ0) is 19.4. The number of nitrogens with zero attached hydrogens (tertiary/aromatic N) is 2. The average molecular weight is 389 g/mol. The van der Waals surface area contributed by atoms with Gasteiger partial charge in [0.05, 0.1) is 11.8 Å². The lowest BCUT2D eigenvalue weighted by molar-refractivity contribution is -0.119. The van der Waals surface area contributed by atoms with Gasteiger partial charge in [0.2, 0.25) is 11.8 Å². The molecule has 0 aliphatic carbocycles. The van der Waals surface area contributed by atoms with Crippen molar-refractivity contribution in [2.75, 3.05) is 5.75 Å². The van der Waals surface area contributed by atoms with E-state index in [4.69, 9.17) is 4.42 Å². The number of rotatable bonds is 6. The van der Waals surface area contributed by atoms with E-state index in [2.05, 4.69) is 15.5 Å². The van der Waals surface area contributed by atoms with E-state index in [1.54, 1.807) is 6.92 Å². The minimum absolute atomic E-state index is 0.0304. The molecule has 3 aromatic rings. The molecule has 0 radical (unpaired) electrons. The Morgan fingerprint density at radius 3 is 2.63 bits per heavy atom. The summed E-state index contributed by atoms with van der Waals surface area (Å²) in [7, 11) is 0. The van der Waals surface area contributed by atoms with E-state index < -0.39 is 17.7 Å². The Kier molecular flexibility index (Phi) is 5.85. The summed E-state index contributed by atoms with van der Waals surface area (Å²) >= 11 is 1.08. The lowest BCUT2D eigenvalue weighted by Gasteiger charge is -2.14. The van der Waals surface area contributed by atoms with Crippen molar-refractivity contribution in [2.24, 2.45) is 0 Å². The van der Waals surface area contributed by atoms with Gasteiger partial charge in [0, 0.05) is 17.2 Å². The normalized spacial score (nSPS) is 12.0. The summed E-state index contributed by atoms with van der Waals surface area (Å²) in [4.78, 5) is 12.1. The molecule has 0 aliphatic rings. The van der Waals surface area contributed by atoms with Crippen molar-refractivity contribution in [1.29, 1.82) is 0 Å². The smallest absolute Gasteiger partial charge is 0.277 e. The van der Waals surface area contributed by atoms with Crippen LogP contribution < -0.4 is 5.32 Å². The molecule has 0 aliphatic heterocycles. The third kappa shape index (κ3) is 4.91. The van der Waals surface area contributed by atoms with Gasteiger partial charge in [-0.2, -0.15) is 0 Å². The maximum Gasteiger partial charge on any atom is 0.277 e. The molecule has 0 saturated carbocycles. The second kappa shape index (κ2) is 8.30. The summed E-state index contributed by atoms with van der Waals surface area (Å²) in [5, 5.41) is 10.8. The highest BCUT2D eigenvalue weighted by Gasteiger charge is 2.16. The Morgan fingerprint density at radius 1 is 1.19 bits per heavy atom. The van der Waals surface area contributed by atoms with Crippen LogP contribution in [0.5, 0.6) is 0 Å². The number of carbonyl (C=O) groups is 1. The fourth-order valence-electron chi connectivity index (χ4n) is 2.42. The zero-order valence-electron chi connectivity index (χ0n) is 14.7. The van der Waals surface area contributed by atoms with Gasteiger partial charge in [0.1, 0.15) is 11.6 Å². The molecule has 1 atom stereocenters. The van der Waals surface area contributed by atoms with Crippen molar-refractivity contribution in [3.8, 4) is 11.5 Å². The standard InChI is InChI=1S/C19H17F2N3O2S/c1-11-3-5-13(6-4-11)18-23-24-19(26-18)27-10-17(25)22-12(2)15-8-7-14(20)9-16(15)21/h3-9,12H,10H2,1-2H3,(H,22,25)/t12-/m0/s1. The molecule has 1 amide bonds. The van der Waals surface area contributed by atoms with E-state index in [-0.39, 0.29) is 22.4 Å². The summed E-state index contributed by atoms with van der Waals surface area (Å²) in [6.45, 7) is 3.61. The van der Waals surface area contributed by atoms with Crippen LogP contribution in [0.1, 0.15) is 24.1 Å². The number of nitrogens with one attached hydrogen (secondary N) is 1. The summed E-state index contributed by atoms with van der Waals surface area (Å²) < 4.78 is 32.3. The van der Waals surface area contributed by atoms with Crippen LogP contribution in [0, 0.1) is 18.6 Å². The van der Waals surface area contributed by atoms with E-state index in [9.17, 15) is 13.6 Å². The monoisotopic (exact) mass is 389 g/mol. The Balaban J connectivity index is 1.55. The van der Waals surface area contributed by atoms with Gasteiger partial charge in [-0.05, 0) is 32.0 Å². The van der Waals surface area contributed by atoms with E-state index in [0.717, 1.165) is 35.0 Å². The summed E-state index contributed by atoms with van der Waals surface area (Å²) in [5.41, 5.74) is 2.13. The lowest BCUT2D eigenvalue weighted by atomic mass is 10.1. The summed E-state index contributed by atoms with van der Waals surface area (Å²) in [5.74, 6) is -1.28. The van der Waals surface area contributed by atoms with Gasteiger partial charge in [-0.3, -0.25) is 4.79 Å². The number of benzene rings is 2. The summed E-state index contributed by atoms with van der Waals surface area (Å²) in [6.07, 6.45) is 0. The van der Waals surface area contributed by atoms with Crippen molar-refractivity contribution in [1.82, 2.24) is 15.5 Å². The number of hydrogen-bond donors (Lipinski definition) is 1. The zero-order valence-corrected chi connectivity index (χ0v) is 15.5. The van der Waals surface area contributed by atoms with E-state index in [0.29, 0.717) is 5.89 Å². The minimum atomic E-state index is -0.699. The number of aryl methyl sites for hydroxylation is 1. The molecule has 0 fully saturated rings. The van der Waals surface area contributed by atoms with Crippen LogP contribution in [0.3, 0.4) is 0 Å². The highest BCUT2D eigenvalue weighted by atomic mass is 32.2. The van der Waals surface area contributed by atoms with Crippen molar-refractivity contribution >= 4 is 17.7 Å². The van der Waals surface area contributed by atoms with Gasteiger partial charge in [-0.15, -0.1) is 10.2 Å². The number of aromatic nitrogens is 2. The Hall–Kier alpha value is -2.74. The molecule has 0 unspecified atom stereocenters.